The van der Waals surface area contributed by atoms with E-state index in [9.17, 15) is 4.79 Å². The van der Waals surface area contributed by atoms with Gasteiger partial charge in [-0.1, -0.05) is 54.1 Å². The minimum atomic E-state index is 0.0307. The summed E-state index contributed by atoms with van der Waals surface area (Å²) < 4.78 is 0. The molecule has 142 valence electrons. The molecule has 0 aromatic heterocycles. The number of anilines is 1. The monoisotopic (exact) mass is 385 g/mol. The fourth-order valence-corrected chi connectivity index (χ4v) is 3.69. The summed E-state index contributed by atoms with van der Waals surface area (Å²) in [6.45, 7) is 7.73. The second-order valence-corrected chi connectivity index (χ2v) is 7.63. The van der Waals surface area contributed by atoms with Crippen molar-refractivity contribution in [2.75, 3.05) is 44.6 Å². The van der Waals surface area contributed by atoms with Crippen molar-refractivity contribution in [3.63, 3.8) is 0 Å². The van der Waals surface area contributed by atoms with E-state index >= 15 is 0 Å². The molecule has 1 aliphatic rings. The molecule has 0 aliphatic carbocycles. The minimum Gasteiger partial charge on any atom is -0.322 e. The van der Waals surface area contributed by atoms with Crippen molar-refractivity contribution in [2.24, 2.45) is 0 Å². The number of rotatable bonds is 6. The van der Waals surface area contributed by atoms with Gasteiger partial charge < -0.3 is 15.1 Å². The van der Waals surface area contributed by atoms with E-state index in [-0.39, 0.29) is 5.91 Å². The molecule has 3 rings (SSSR count). The van der Waals surface area contributed by atoms with Crippen LogP contribution in [0.2, 0.25) is 5.02 Å². The Balaban J connectivity index is 1.40. The summed E-state index contributed by atoms with van der Waals surface area (Å²) in [6, 6.07) is 16.1. The maximum atomic E-state index is 12.3. The van der Waals surface area contributed by atoms with E-state index < -0.39 is 0 Å². The minimum absolute atomic E-state index is 0.0307. The van der Waals surface area contributed by atoms with Gasteiger partial charge in [0, 0.05) is 0 Å². The molecule has 5 heteroatoms. The molecule has 1 amide bonds. The van der Waals surface area contributed by atoms with Gasteiger partial charge in [-0.25, -0.2) is 0 Å². The largest absolute Gasteiger partial charge is 0.322 e. The molecule has 1 saturated heterocycles. The lowest BCUT2D eigenvalue weighted by Crippen LogP contribution is -3.28. The maximum absolute atomic E-state index is 12.3. The van der Waals surface area contributed by atoms with Crippen LogP contribution in [0.5, 0.6) is 0 Å². The Morgan fingerprint density at radius 3 is 2.48 bits per heavy atom. The van der Waals surface area contributed by atoms with Crippen molar-refractivity contribution >= 4 is 29.3 Å². The molecule has 2 aromatic rings. The second kappa shape index (κ2) is 9.70. The molecule has 3 N–H and O–H groups in total. The number of carbonyl (C=O) groups is 1. The third-order valence-corrected chi connectivity index (χ3v) is 5.30. The van der Waals surface area contributed by atoms with Gasteiger partial charge >= 0.3 is 0 Å². The first-order valence-electron chi connectivity index (χ1n) is 9.55. The molecule has 1 aliphatic heterocycles. The summed E-state index contributed by atoms with van der Waals surface area (Å²) in [7, 11) is 0. The topological polar surface area (TPSA) is 38.0 Å². The maximum Gasteiger partial charge on any atom is 0.279 e. The number of benzene rings is 2. The lowest BCUT2D eigenvalue weighted by molar-refractivity contribution is -1.01. The van der Waals surface area contributed by atoms with E-state index in [2.05, 4.69) is 41.7 Å². The number of carbonyl (C=O) groups excluding carboxylic acids is 1. The Hall–Kier alpha value is -2.14. The lowest BCUT2D eigenvalue weighted by atomic mass is 10.2. The Morgan fingerprint density at radius 1 is 1.07 bits per heavy atom. The van der Waals surface area contributed by atoms with Gasteiger partial charge in [-0.2, -0.15) is 0 Å². The number of hydrogen-bond acceptors (Lipinski definition) is 1. The predicted molar refractivity (Wildman–Crippen MR) is 111 cm³/mol. The summed E-state index contributed by atoms with van der Waals surface area (Å²) in [5.74, 6) is 0.0307. The number of nitrogens with one attached hydrogen (secondary N) is 3. The number of halogens is 1. The van der Waals surface area contributed by atoms with E-state index in [4.69, 9.17) is 11.6 Å². The number of piperazine rings is 1. The first-order chi connectivity index (χ1) is 13.1. The highest BCUT2D eigenvalue weighted by Gasteiger charge is 2.24. The molecule has 27 heavy (non-hydrogen) atoms. The van der Waals surface area contributed by atoms with Crippen LogP contribution in [-0.4, -0.2) is 45.2 Å². The SMILES string of the molecule is Cc1ccc(NC(=O)C[NH+]2CC[NH+](C/C=C/c3ccccc3)CC2)c(Cl)c1. The average molecular weight is 386 g/mol. The van der Waals surface area contributed by atoms with Crippen LogP contribution < -0.4 is 15.1 Å². The van der Waals surface area contributed by atoms with Gasteiger partial charge in [-0.15, -0.1) is 0 Å². The van der Waals surface area contributed by atoms with Crippen LogP contribution >= 0.6 is 11.6 Å². The standard InChI is InChI=1S/C22H26ClN3O/c1-18-9-10-21(20(23)16-18)24-22(27)17-26-14-12-25(13-15-26)11-5-8-19-6-3-2-4-7-19/h2-10,16H,11-15,17H2,1H3,(H,24,27)/p+2/b8-5+. The Kier molecular flexibility index (Phi) is 7.04. The van der Waals surface area contributed by atoms with Gasteiger partial charge in [0.05, 0.1) is 17.3 Å². The van der Waals surface area contributed by atoms with E-state index in [0.717, 1.165) is 38.3 Å². The number of aryl methyl sites for hydroxylation is 1. The molecule has 1 heterocycles. The Morgan fingerprint density at radius 2 is 1.78 bits per heavy atom. The van der Waals surface area contributed by atoms with Crippen LogP contribution in [0.4, 0.5) is 5.69 Å². The molecule has 0 spiro atoms. The Bertz CT molecular complexity index is 783. The van der Waals surface area contributed by atoms with Crippen LogP contribution in [0.25, 0.3) is 6.08 Å². The smallest absolute Gasteiger partial charge is 0.279 e. The van der Waals surface area contributed by atoms with Crippen LogP contribution in [0.15, 0.2) is 54.6 Å². The third kappa shape index (κ3) is 6.21. The summed E-state index contributed by atoms with van der Waals surface area (Å²) >= 11 is 6.20. The Labute approximate surface area is 166 Å². The van der Waals surface area contributed by atoms with Gasteiger partial charge in [0.1, 0.15) is 26.2 Å². The van der Waals surface area contributed by atoms with Crippen LogP contribution in [-0.2, 0) is 4.79 Å². The quantitative estimate of drug-likeness (QED) is 0.684. The van der Waals surface area contributed by atoms with Crippen molar-refractivity contribution in [2.45, 2.75) is 6.92 Å². The summed E-state index contributed by atoms with van der Waals surface area (Å²) in [6.07, 6.45) is 4.44. The zero-order chi connectivity index (χ0) is 19.1. The number of quaternary nitrogens is 2. The van der Waals surface area contributed by atoms with Gasteiger partial charge in [0.15, 0.2) is 6.54 Å². The highest BCUT2D eigenvalue weighted by Crippen LogP contribution is 2.22. The van der Waals surface area contributed by atoms with Crippen molar-refractivity contribution < 1.29 is 14.6 Å². The zero-order valence-corrected chi connectivity index (χ0v) is 16.6. The third-order valence-electron chi connectivity index (χ3n) is 4.99. The molecule has 0 saturated carbocycles. The fraction of sp³-hybridized carbons (Fsp3) is 0.318. The van der Waals surface area contributed by atoms with Crippen LogP contribution in [0.3, 0.4) is 0 Å². The first-order valence-corrected chi connectivity index (χ1v) is 9.92. The van der Waals surface area contributed by atoms with Crippen LogP contribution in [0, 0.1) is 6.92 Å². The average Bonchev–Trinajstić information content (AvgIpc) is 2.66. The summed E-state index contributed by atoms with van der Waals surface area (Å²) in [5, 5.41) is 3.53. The van der Waals surface area contributed by atoms with E-state index in [1.54, 1.807) is 4.90 Å². The molecule has 0 atom stereocenters. The van der Waals surface area contributed by atoms with Crippen molar-refractivity contribution in [1.82, 2.24) is 0 Å². The highest BCUT2D eigenvalue weighted by molar-refractivity contribution is 6.33. The summed E-state index contributed by atoms with van der Waals surface area (Å²) in [4.78, 5) is 15.2. The van der Waals surface area contributed by atoms with E-state index in [1.165, 1.54) is 10.5 Å². The second-order valence-electron chi connectivity index (χ2n) is 7.23. The molecule has 4 nitrogen and oxygen atoms in total. The molecule has 1 fully saturated rings. The van der Waals surface area contributed by atoms with Gasteiger partial charge in [0.25, 0.3) is 5.91 Å². The highest BCUT2D eigenvalue weighted by atomic mass is 35.5. The van der Waals surface area contributed by atoms with Crippen LogP contribution in [0.1, 0.15) is 11.1 Å². The summed E-state index contributed by atoms with van der Waals surface area (Å²) in [5.41, 5.74) is 3.03. The molecular weight excluding hydrogens is 358 g/mol. The molecule has 0 unspecified atom stereocenters. The van der Waals surface area contributed by atoms with Crippen molar-refractivity contribution in [3.05, 3.63) is 70.8 Å². The van der Waals surface area contributed by atoms with Crippen molar-refractivity contribution in [3.8, 4) is 0 Å². The van der Waals surface area contributed by atoms with Gasteiger partial charge in [-0.3, -0.25) is 4.79 Å². The molecular formula is C22H28ClN3O+2. The van der Waals surface area contributed by atoms with E-state index in [0.29, 0.717) is 17.3 Å². The lowest BCUT2D eigenvalue weighted by Gasteiger charge is -2.28. The van der Waals surface area contributed by atoms with Gasteiger partial charge in [-0.05, 0) is 36.3 Å². The van der Waals surface area contributed by atoms with E-state index in [1.807, 2.05) is 31.2 Å². The molecule has 0 radical (unpaired) electrons. The normalized spacial score (nSPS) is 19.9. The van der Waals surface area contributed by atoms with Gasteiger partial charge in [0.2, 0.25) is 0 Å². The first kappa shape index (κ1) is 19.6. The number of amides is 1. The predicted octanol–water partition coefficient (Wildman–Crippen LogP) is 1.08. The fourth-order valence-electron chi connectivity index (χ4n) is 3.41. The molecule has 2 aromatic carbocycles. The molecule has 0 bridgehead atoms. The van der Waals surface area contributed by atoms with Crippen molar-refractivity contribution in [1.29, 1.82) is 0 Å². The number of hydrogen-bond donors (Lipinski definition) is 3. The zero-order valence-electron chi connectivity index (χ0n) is 15.8.